The number of carbonyl (C=O) groups excluding carboxylic acids is 1. The number of H-pyrrole nitrogens is 1. The molecule has 3 aromatic rings. The Hall–Kier alpha value is -2.32. The lowest BCUT2D eigenvalue weighted by Crippen LogP contribution is -2.16. The van der Waals surface area contributed by atoms with Gasteiger partial charge in [0.25, 0.3) is 5.91 Å². The highest BCUT2D eigenvalue weighted by Crippen LogP contribution is 2.24. The molecule has 0 aliphatic carbocycles. The van der Waals surface area contributed by atoms with Crippen LogP contribution in [0.4, 0.5) is 11.4 Å². The summed E-state index contributed by atoms with van der Waals surface area (Å²) < 4.78 is 26.1. The molecule has 0 saturated heterocycles. The highest BCUT2D eigenvalue weighted by molar-refractivity contribution is 9.10. The zero-order valence-corrected chi connectivity index (χ0v) is 15.0. The van der Waals surface area contributed by atoms with Crippen LogP contribution in [0.25, 0.3) is 10.9 Å². The molecule has 1 heterocycles. The lowest BCUT2D eigenvalue weighted by molar-refractivity contribution is 0.102. The molecule has 3 N–H and O–H groups in total. The van der Waals surface area contributed by atoms with E-state index in [2.05, 4.69) is 31.0 Å². The molecule has 0 radical (unpaired) electrons. The number of aromatic amines is 1. The lowest BCUT2D eigenvalue weighted by atomic mass is 10.2. The van der Waals surface area contributed by atoms with Gasteiger partial charge in [0.15, 0.2) is 0 Å². The monoisotopic (exact) mass is 407 g/mol. The van der Waals surface area contributed by atoms with Crippen molar-refractivity contribution in [1.82, 2.24) is 4.98 Å². The van der Waals surface area contributed by atoms with E-state index in [4.69, 9.17) is 0 Å². The second-order valence-corrected chi connectivity index (χ2v) is 7.95. The Kier molecular flexibility index (Phi) is 4.33. The van der Waals surface area contributed by atoms with Crippen LogP contribution in [0.5, 0.6) is 0 Å². The van der Waals surface area contributed by atoms with Crippen molar-refractivity contribution in [1.29, 1.82) is 0 Å². The highest BCUT2D eigenvalue weighted by Gasteiger charge is 2.13. The van der Waals surface area contributed by atoms with E-state index < -0.39 is 10.0 Å². The van der Waals surface area contributed by atoms with E-state index in [9.17, 15) is 13.2 Å². The average molecular weight is 408 g/mol. The number of hydrogen-bond acceptors (Lipinski definition) is 3. The molecule has 3 rings (SSSR count). The van der Waals surface area contributed by atoms with Crippen LogP contribution in [-0.2, 0) is 10.0 Å². The molecule has 0 saturated carbocycles. The Labute approximate surface area is 147 Å². The van der Waals surface area contributed by atoms with E-state index in [-0.39, 0.29) is 5.91 Å². The zero-order valence-electron chi connectivity index (χ0n) is 12.6. The number of benzene rings is 2. The quantitative estimate of drug-likeness (QED) is 0.617. The molecule has 1 amide bonds. The number of sulfonamides is 1. The number of amides is 1. The van der Waals surface area contributed by atoms with Gasteiger partial charge in [-0.1, -0.05) is 34.1 Å². The maximum atomic E-state index is 12.5. The Bertz CT molecular complexity index is 1030. The van der Waals surface area contributed by atoms with Gasteiger partial charge in [-0.15, -0.1) is 0 Å². The van der Waals surface area contributed by atoms with Crippen LogP contribution >= 0.6 is 15.9 Å². The first-order valence-corrected chi connectivity index (χ1v) is 9.67. The average Bonchev–Trinajstić information content (AvgIpc) is 2.91. The standard InChI is InChI=1S/C16H14BrN3O3S/c1-24(22,23)20-13-5-3-2-4-12(13)19-16(21)15-8-10-6-7-11(17)9-14(10)18-15/h2-9,18,20H,1H3,(H,19,21). The molecule has 24 heavy (non-hydrogen) atoms. The molecule has 8 heteroatoms. The van der Waals surface area contributed by atoms with Crippen LogP contribution in [0, 0.1) is 0 Å². The Morgan fingerprint density at radius 2 is 1.79 bits per heavy atom. The summed E-state index contributed by atoms with van der Waals surface area (Å²) in [6, 6.07) is 14.0. The Balaban J connectivity index is 1.89. The SMILES string of the molecule is CS(=O)(=O)Nc1ccccc1NC(=O)c1cc2ccc(Br)cc2[nH]1. The molecule has 0 unspecified atom stereocenters. The molecule has 0 aliphatic rings. The summed E-state index contributed by atoms with van der Waals surface area (Å²) in [7, 11) is -3.44. The second-order valence-electron chi connectivity index (χ2n) is 5.29. The largest absolute Gasteiger partial charge is 0.350 e. The minimum absolute atomic E-state index is 0.312. The number of carbonyl (C=O) groups is 1. The maximum absolute atomic E-state index is 12.5. The first-order chi connectivity index (χ1) is 11.3. The molecule has 1 aromatic heterocycles. The van der Waals surface area contributed by atoms with Crippen LogP contribution in [-0.4, -0.2) is 25.6 Å². The molecule has 0 bridgehead atoms. The Morgan fingerprint density at radius 3 is 2.50 bits per heavy atom. The van der Waals surface area contributed by atoms with Crippen molar-refractivity contribution in [2.24, 2.45) is 0 Å². The predicted molar refractivity (Wildman–Crippen MR) is 98.9 cm³/mol. The van der Waals surface area contributed by atoms with Crippen molar-refractivity contribution in [3.8, 4) is 0 Å². The topological polar surface area (TPSA) is 91.1 Å². The summed E-state index contributed by atoms with van der Waals surface area (Å²) in [6.07, 6.45) is 1.06. The van der Waals surface area contributed by atoms with Crippen molar-refractivity contribution in [3.63, 3.8) is 0 Å². The van der Waals surface area contributed by atoms with Crippen molar-refractivity contribution in [3.05, 3.63) is 58.7 Å². The van der Waals surface area contributed by atoms with Crippen LogP contribution in [0.3, 0.4) is 0 Å². The normalized spacial score (nSPS) is 11.4. The number of rotatable bonds is 4. The third-order valence-corrected chi connectivity index (χ3v) is 4.38. The number of fused-ring (bicyclic) bond motifs is 1. The van der Waals surface area contributed by atoms with Crippen molar-refractivity contribution in [2.75, 3.05) is 16.3 Å². The molecule has 2 aromatic carbocycles. The van der Waals surface area contributed by atoms with E-state index in [1.165, 1.54) is 0 Å². The van der Waals surface area contributed by atoms with Gasteiger partial charge < -0.3 is 10.3 Å². The van der Waals surface area contributed by atoms with Gasteiger partial charge in [0, 0.05) is 15.4 Å². The fourth-order valence-corrected chi connectivity index (χ4v) is 3.23. The minimum Gasteiger partial charge on any atom is -0.350 e. The van der Waals surface area contributed by atoms with Gasteiger partial charge in [0.05, 0.1) is 17.6 Å². The molecule has 124 valence electrons. The maximum Gasteiger partial charge on any atom is 0.272 e. The third-order valence-electron chi connectivity index (χ3n) is 3.30. The van der Waals surface area contributed by atoms with Crippen LogP contribution in [0.1, 0.15) is 10.5 Å². The van der Waals surface area contributed by atoms with Gasteiger partial charge in [-0.2, -0.15) is 0 Å². The van der Waals surface area contributed by atoms with Crippen molar-refractivity contribution < 1.29 is 13.2 Å². The first kappa shape index (κ1) is 16.5. The second kappa shape index (κ2) is 6.29. The van der Waals surface area contributed by atoms with Crippen molar-refractivity contribution in [2.45, 2.75) is 0 Å². The molecule has 0 aliphatic heterocycles. The van der Waals surface area contributed by atoms with E-state index in [1.54, 1.807) is 30.3 Å². The van der Waals surface area contributed by atoms with Crippen LogP contribution < -0.4 is 10.0 Å². The van der Waals surface area contributed by atoms with Gasteiger partial charge in [-0.25, -0.2) is 8.42 Å². The predicted octanol–water partition coefficient (Wildman–Crippen LogP) is 3.55. The van der Waals surface area contributed by atoms with E-state index in [0.29, 0.717) is 17.1 Å². The van der Waals surface area contributed by atoms with E-state index in [1.807, 2.05) is 18.2 Å². The third kappa shape index (κ3) is 3.77. The number of para-hydroxylation sites is 2. The van der Waals surface area contributed by atoms with Crippen LogP contribution in [0.2, 0.25) is 0 Å². The fraction of sp³-hybridized carbons (Fsp3) is 0.0625. The number of aromatic nitrogens is 1. The van der Waals surface area contributed by atoms with E-state index in [0.717, 1.165) is 21.6 Å². The molecular formula is C16H14BrN3O3S. The zero-order chi connectivity index (χ0) is 17.3. The smallest absolute Gasteiger partial charge is 0.272 e. The first-order valence-electron chi connectivity index (χ1n) is 6.98. The van der Waals surface area contributed by atoms with Gasteiger partial charge >= 0.3 is 0 Å². The number of hydrogen-bond donors (Lipinski definition) is 3. The summed E-state index contributed by atoms with van der Waals surface area (Å²) >= 11 is 3.38. The van der Waals surface area contributed by atoms with Gasteiger partial charge in [-0.05, 0) is 30.3 Å². The van der Waals surface area contributed by atoms with E-state index >= 15 is 0 Å². The number of halogens is 1. The minimum atomic E-state index is -3.44. The highest BCUT2D eigenvalue weighted by atomic mass is 79.9. The Morgan fingerprint density at radius 1 is 1.08 bits per heavy atom. The van der Waals surface area contributed by atoms with Gasteiger partial charge in [0.2, 0.25) is 10.0 Å². The molecule has 0 spiro atoms. The van der Waals surface area contributed by atoms with Gasteiger partial charge in [0.1, 0.15) is 5.69 Å². The fourth-order valence-electron chi connectivity index (χ4n) is 2.29. The summed E-state index contributed by atoms with van der Waals surface area (Å²) in [4.78, 5) is 15.5. The summed E-state index contributed by atoms with van der Waals surface area (Å²) in [5, 5.41) is 3.62. The summed E-state index contributed by atoms with van der Waals surface area (Å²) in [5.41, 5.74) is 1.91. The molecule has 6 nitrogen and oxygen atoms in total. The van der Waals surface area contributed by atoms with Gasteiger partial charge in [-0.3, -0.25) is 9.52 Å². The molecule has 0 atom stereocenters. The number of nitrogens with one attached hydrogen (secondary N) is 3. The summed E-state index contributed by atoms with van der Waals surface area (Å²) in [6.45, 7) is 0. The molecule has 0 fully saturated rings. The molecular weight excluding hydrogens is 394 g/mol. The summed E-state index contributed by atoms with van der Waals surface area (Å²) in [5.74, 6) is -0.356. The van der Waals surface area contributed by atoms with Crippen LogP contribution in [0.15, 0.2) is 53.0 Å². The number of anilines is 2. The van der Waals surface area contributed by atoms with Crippen molar-refractivity contribution >= 4 is 54.1 Å². The lowest BCUT2D eigenvalue weighted by Gasteiger charge is -2.11.